The Morgan fingerprint density at radius 2 is 2.20 bits per heavy atom. The van der Waals surface area contributed by atoms with Gasteiger partial charge in [-0.1, -0.05) is 17.7 Å². The standard InChI is InChI=1S/C21H22ClFN6O4S2/c1-33-21(30)17-16(11-28-5-6-29-13(10-28)9-25-35(29,31)32)26-19(20-24-4-7-34-20)27-18(17)14-3-2-12(23)8-15(14)22/h2-4,7-8,13,18,25H,5-6,9-11H2,1H3,(H,26,27)/t13-,18+/m1/s1. The molecular weight excluding hydrogens is 519 g/mol. The lowest BCUT2D eigenvalue weighted by Crippen LogP contribution is -2.53. The number of esters is 1. The van der Waals surface area contributed by atoms with Gasteiger partial charge in [-0.25, -0.2) is 18.9 Å². The number of fused-ring (bicyclic) bond motifs is 1. The topological polar surface area (TPSA) is 116 Å². The van der Waals surface area contributed by atoms with Crippen molar-refractivity contribution in [2.45, 2.75) is 12.1 Å². The maximum Gasteiger partial charge on any atom is 0.338 e. The van der Waals surface area contributed by atoms with Crippen LogP contribution in [0.15, 0.2) is 46.0 Å². The van der Waals surface area contributed by atoms with Gasteiger partial charge in [0.1, 0.15) is 11.9 Å². The van der Waals surface area contributed by atoms with Crippen LogP contribution >= 0.6 is 22.9 Å². The minimum absolute atomic E-state index is 0.135. The van der Waals surface area contributed by atoms with Gasteiger partial charge in [0, 0.05) is 60.6 Å². The molecule has 4 heterocycles. The number of hydrogen-bond acceptors (Lipinski definition) is 9. The number of halogens is 2. The van der Waals surface area contributed by atoms with Crippen molar-refractivity contribution < 1.29 is 22.3 Å². The van der Waals surface area contributed by atoms with E-state index in [1.807, 2.05) is 5.38 Å². The lowest BCUT2D eigenvalue weighted by atomic mass is 9.95. The van der Waals surface area contributed by atoms with Crippen molar-refractivity contribution in [2.75, 3.05) is 39.8 Å². The molecule has 0 amide bonds. The van der Waals surface area contributed by atoms with Crippen molar-refractivity contribution in [1.29, 1.82) is 0 Å². The molecular formula is C21H22ClFN6O4S2. The molecule has 2 saturated heterocycles. The van der Waals surface area contributed by atoms with Gasteiger partial charge in [-0.3, -0.25) is 9.89 Å². The Bertz CT molecular complexity index is 1320. The molecule has 2 atom stereocenters. The highest BCUT2D eigenvalue weighted by molar-refractivity contribution is 7.87. The fourth-order valence-corrected chi connectivity index (χ4v) is 6.79. The molecule has 1 aromatic heterocycles. The zero-order chi connectivity index (χ0) is 24.7. The Labute approximate surface area is 210 Å². The highest BCUT2D eigenvalue weighted by Crippen LogP contribution is 2.37. The number of hydrogen-bond donors (Lipinski definition) is 2. The molecule has 2 N–H and O–H groups in total. The third-order valence-electron chi connectivity index (χ3n) is 6.13. The molecule has 1 aromatic carbocycles. The molecule has 10 nitrogen and oxygen atoms in total. The van der Waals surface area contributed by atoms with Gasteiger partial charge >= 0.3 is 5.97 Å². The number of nitrogens with one attached hydrogen (secondary N) is 2. The maximum atomic E-state index is 13.8. The van der Waals surface area contributed by atoms with E-state index < -0.39 is 28.0 Å². The zero-order valence-corrected chi connectivity index (χ0v) is 21.0. The lowest BCUT2D eigenvalue weighted by Gasteiger charge is -2.37. The van der Waals surface area contributed by atoms with Gasteiger partial charge in [0.05, 0.1) is 18.7 Å². The van der Waals surface area contributed by atoms with E-state index in [1.165, 1.54) is 41.0 Å². The summed E-state index contributed by atoms with van der Waals surface area (Å²) in [7, 11) is -2.16. The molecule has 0 aliphatic carbocycles. The molecule has 186 valence electrons. The van der Waals surface area contributed by atoms with Crippen LogP contribution in [0.1, 0.15) is 16.6 Å². The summed E-state index contributed by atoms with van der Waals surface area (Å²) in [5.41, 5.74) is 1.25. The Kier molecular flexibility index (Phi) is 6.63. The largest absolute Gasteiger partial charge is 0.466 e. The number of thiazole rings is 1. The molecule has 0 radical (unpaired) electrons. The van der Waals surface area contributed by atoms with Gasteiger partial charge < -0.3 is 10.1 Å². The van der Waals surface area contributed by atoms with E-state index in [9.17, 15) is 17.6 Å². The highest BCUT2D eigenvalue weighted by atomic mass is 35.5. The molecule has 0 spiro atoms. The SMILES string of the molecule is COC(=O)C1=C(CN2CCN3[C@H](CNS3(=O)=O)C2)NC(c2nccs2)=N[C@H]1c1ccc(F)cc1Cl. The van der Waals surface area contributed by atoms with Crippen molar-refractivity contribution in [3.63, 3.8) is 0 Å². The second-order valence-electron chi connectivity index (χ2n) is 8.25. The fourth-order valence-electron chi connectivity index (χ4n) is 4.51. The van der Waals surface area contributed by atoms with Crippen LogP contribution < -0.4 is 10.0 Å². The smallest absolute Gasteiger partial charge is 0.338 e. The number of rotatable bonds is 5. The summed E-state index contributed by atoms with van der Waals surface area (Å²) in [6.07, 6.45) is 1.65. The van der Waals surface area contributed by atoms with Gasteiger partial charge in [-0.2, -0.15) is 12.7 Å². The predicted molar refractivity (Wildman–Crippen MR) is 129 cm³/mol. The number of ether oxygens (including phenoxy) is 1. The van der Waals surface area contributed by atoms with Crippen LogP contribution in [0.25, 0.3) is 0 Å². The van der Waals surface area contributed by atoms with E-state index in [0.29, 0.717) is 54.8 Å². The molecule has 2 aromatic rings. The van der Waals surface area contributed by atoms with E-state index in [0.717, 1.165) is 0 Å². The second-order valence-corrected chi connectivity index (χ2v) is 11.3. The summed E-state index contributed by atoms with van der Waals surface area (Å²) in [4.78, 5) is 24.1. The van der Waals surface area contributed by atoms with Crippen LogP contribution in [0.5, 0.6) is 0 Å². The van der Waals surface area contributed by atoms with Crippen LogP contribution in [0.4, 0.5) is 4.39 Å². The summed E-state index contributed by atoms with van der Waals surface area (Å²) < 4.78 is 47.2. The second kappa shape index (κ2) is 9.56. The van der Waals surface area contributed by atoms with Crippen molar-refractivity contribution in [1.82, 2.24) is 24.2 Å². The minimum Gasteiger partial charge on any atom is -0.466 e. The Balaban J connectivity index is 1.53. The van der Waals surface area contributed by atoms with Gasteiger partial charge in [-0.05, 0) is 12.1 Å². The molecule has 0 bridgehead atoms. The number of carbonyl (C=O) groups excluding carboxylic acids is 1. The van der Waals surface area contributed by atoms with Gasteiger partial charge in [0.15, 0.2) is 10.8 Å². The quantitative estimate of drug-likeness (QED) is 0.549. The van der Waals surface area contributed by atoms with E-state index in [1.54, 1.807) is 6.20 Å². The first-order valence-corrected chi connectivity index (χ1v) is 13.5. The average molecular weight is 541 g/mol. The van der Waals surface area contributed by atoms with E-state index >= 15 is 0 Å². The zero-order valence-electron chi connectivity index (χ0n) is 18.6. The van der Waals surface area contributed by atoms with Crippen molar-refractivity contribution in [2.24, 2.45) is 4.99 Å². The van der Waals surface area contributed by atoms with E-state index in [2.05, 4.69) is 19.9 Å². The van der Waals surface area contributed by atoms with E-state index in [4.69, 9.17) is 21.3 Å². The van der Waals surface area contributed by atoms with Gasteiger partial charge in [0.25, 0.3) is 10.2 Å². The molecule has 2 fully saturated rings. The first-order chi connectivity index (χ1) is 16.8. The number of nitrogens with zero attached hydrogens (tertiary/aromatic N) is 4. The minimum atomic E-state index is -3.44. The number of benzene rings is 1. The summed E-state index contributed by atoms with van der Waals surface area (Å²) in [6, 6.07) is 2.90. The maximum absolute atomic E-state index is 13.8. The van der Waals surface area contributed by atoms with Crippen molar-refractivity contribution in [3.05, 3.63) is 62.5 Å². The van der Waals surface area contributed by atoms with Crippen LogP contribution in [0.3, 0.4) is 0 Å². The first-order valence-electron chi connectivity index (χ1n) is 10.8. The lowest BCUT2D eigenvalue weighted by molar-refractivity contribution is -0.136. The van der Waals surface area contributed by atoms with Gasteiger partial charge in [-0.15, -0.1) is 11.3 Å². The Hall–Kier alpha value is -2.42. The number of aliphatic imine (C=N–C) groups is 1. The Morgan fingerprint density at radius 3 is 2.91 bits per heavy atom. The third-order valence-corrected chi connectivity index (χ3v) is 8.86. The molecule has 14 heteroatoms. The van der Waals surface area contributed by atoms with Crippen LogP contribution in [-0.2, 0) is 19.7 Å². The molecule has 3 aliphatic rings. The van der Waals surface area contributed by atoms with E-state index in [-0.39, 0.29) is 16.6 Å². The molecule has 5 rings (SSSR count). The van der Waals surface area contributed by atoms with Crippen LogP contribution in [-0.4, -0.2) is 80.3 Å². The van der Waals surface area contributed by atoms with Crippen molar-refractivity contribution in [3.8, 4) is 0 Å². The number of methoxy groups -OCH3 is 1. The normalized spacial score (nSPS) is 24.6. The summed E-state index contributed by atoms with van der Waals surface area (Å²) in [6.45, 7) is 1.94. The molecule has 0 saturated carbocycles. The van der Waals surface area contributed by atoms with Gasteiger partial charge in [0.2, 0.25) is 0 Å². The average Bonchev–Trinajstić information content (AvgIpc) is 3.46. The molecule has 35 heavy (non-hydrogen) atoms. The Morgan fingerprint density at radius 1 is 1.37 bits per heavy atom. The molecule has 3 aliphatic heterocycles. The number of aromatic nitrogens is 1. The highest BCUT2D eigenvalue weighted by Gasteiger charge is 2.41. The number of piperazine rings is 1. The number of carbonyl (C=O) groups is 1. The summed E-state index contributed by atoms with van der Waals surface area (Å²) in [5.74, 6) is -0.640. The fraction of sp³-hybridized carbons (Fsp3) is 0.381. The third kappa shape index (κ3) is 4.71. The summed E-state index contributed by atoms with van der Waals surface area (Å²) in [5, 5.41) is 5.81. The molecule has 0 unspecified atom stereocenters. The summed E-state index contributed by atoms with van der Waals surface area (Å²) >= 11 is 7.76. The number of amidine groups is 1. The van der Waals surface area contributed by atoms with Crippen LogP contribution in [0, 0.1) is 5.82 Å². The monoisotopic (exact) mass is 540 g/mol. The van der Waals surface area contributed by atoms with Crippen LogP contribution in [0.2, 0.25) is 5.02 Å². The first kappa shape index (κ1) is 24.3. The van der Waals surface area contributed by atoms with Crippen molar-refractivity contribution >= 4 is 45.0 Å². The predicted octanol–water partition coefficient (Wildman–Crippen LogP) is 1.29.